The molecule has 0 bridgehead atoms. The van der Waals surface area contributed by atoms with Crippen molar-refractivity contribution in [3.63, 3.8) is 0 Å². The fourth-order valence-corrected chi connectivity index (χ4v) is 11.0. The summed E-state index contributed by atoms with van der Waals surface area (Å²) in [6.45, 7) is 4.96. The zero-order valence-electron chi connectivity index (χ0n) is 52.7. The van der Waals surface area contributed by atoms with E-state index >= 15 is 0 Å². The summed E-state index contributed by atoms with van der Waals surface area (Å²) in [6.07, 6.45) is 86.2. The van der Waals surface area contributed by atoms with Crippen LogP contribution in [0.3, 0.4) is 0 Å². The number of rotatable bonds is 66. The predicted molar refractivity (Wildman–Crippen MR) is 343 cm³/mol. The molecule has 0 spiro atoms. The molecule has 6 heteroatoms. The number of nitrogens with one attached hydrogen (secondary N) is 1. The molecule has 0 fully saturated rings. The molecule has 3 N–H and O–H groups in total. The SMILES string of the molecule is CCCCCC/C=C\C/C=C\CCCCCCCC(=O)OCCCCCCCCCCCCCC/C=C\CCCCCCCCCCCCCCCCC(=O)NC(CO)C(O)CCCCCCCCCCCCCCCCC. The molecule has 1 amide bonds. The molecular formula is C72H137NO5. The van der Waals surface area contributed by atoms with Crippen molar-refractivity contribution in [2.24, 2.45) is 0 Å². The number of unbranched alkanes of at least 4 members (excludes halogenated alkanes) is 49. The van der Waals surface area contributed by atoms with Gasteiger partial charge in [-0.05, 0) is 83.5 Å². The van der Waals surface area contributed by atoms with E-state index in [2.05, 4.69) is 55.6 Å². The molecule has 0 saturated heterocycles. The lowest BCUT2D eigenvalue weighted by Gasteiger charge is -2.22. The van der Waals surface area contributed by atoms with Crippen molar-refractivity contribution in [1.29, 1.82) is 0 Å². The largest absolute Gasteiger partial charge is 0.466 e. The number of hydrogen-bond donors (Lipinski definition) is 3. The van der Waals surface area contributed by atoms with Crippen LogP contribution in [0.1, 0.15) is 386 Å². The lowest BCUT2D eigenvalue weighted by molar-refractivity contribution is -0.143. The molecule has 0 aliphatic rings. The normalized spacial score (nSPS) is 12.7. The van der Waals surface area contributed by atoms with Gasteiger partial charge < -0.3 is 20.3 Å². The van der Waals surface area contributed by atoms with Gasteiger partial charge in [-0.15, -0.1) is 0 Å². The molecule has 460 valence electrons. The van der Waals surface area contributed by atoms with Gasteiger partial charge in [0.05, 0.1) is 25.4 Å². The van der Waals surface area contributed by atoms with E-state index in [1.165, 1.54) is 302 Å². The fourth-order valence-electron chi connectivity index (χ4n) is 11.0. The molecule has 0 aromatic heterocycles. The van der Waals surface area contributed by atoms with Crippen molar-refractivity contribution in [1.82, 2.24) is 5.32 Å². The number of ether oxygens (including phenoxy) is 1. The van der Waals surface area contributed by atoms with Crippen LogP contribution in [0.2, 0.25) is 0 Å². The summed E-state index contributed by atoms with van der Waals surface area (Å²) in [5, 5.41) is 23.3. The molecule has 6 nitrogen and oxygen atoms in total. The first kappa shape index (κ1) is 76.1. The minimum Gasteiger partial charge on any atom is -0.466 e. The highest BCUT2D eigenvalue weighted by Gasteiger charge is 2.20. The Morgan fingerprint density at radius 1 is 0.359 bits per heavy atom. The Morgan fingerprint density at radius 3 is 1.00 bits per heavy atom. The average Bonchev–Trinajstić information content (AvgIpc) is 3.44. The summed E-state index contributed by atoms with van der Waals surface area (Å²) in [5.74, 6) is -0.0271. The number of carbonyl (C=O) groups is 2. The molecule has 0 saturated carbocycles. The molecule has 0 aliphatic carbocycles. The number of hydrogen-bond acceptors (Lipinski definition) is 5. The predicted octanol–water partition coefficient (Wildman–Crippen LogP) is 22.7. The molecule has 2 atom stereocenters. The molecular weight excluding hydrogens is 959 g/mol. The van der Waals surface area contributed by atoms with Crippen LogP contribution < -0.4 is 5.32 Å². The van der Waals surface area contributed by atoms with Crippen molar-refractivity contribution in [3.8, 4) is 0 Å². The first-order valence-electron chi connectivity index (χ1n) is 35.2. The summed E-state index contributed by atoms with van der Waals surface area (Å²) in [5.41, 5.74) is 0. The summed E-state index contributed by atoms with van der Waals surface area (Å²) in [6, 6.07) is -0.540. The highest BCUT2D eigenvalue weighted by molar-refractivity contribution is 5.76. The lowest BCUT2D eigenvalue weighted by atomic mass is 10.0. The van der Waals surface area contributed by atoms with E-state index in [9.17, 15) is 19.8 Å². The Kier molecular flexibility index (Phi) is 65.9. The van der Waals surface area contributed by atoms with Gasteiger partial charge in [0.2, 0.25) is 5.91 Å². The number of amides is 1. The second kappa shape index (κ2) is 67.6. The number of carbonyl (C=O) groups excluding carboxylic acids is 2. The smallest absolute Gasteiger partial charge is 0.305 e. The summed E-state index contributed by atoms with van der Waals surface area (Å²) >= 11 is 0. The molecule has 0 heterocycles. The molecule has 2 unspecified atom stereocenters. The van der Waals surface area contributed by atoms with Crippen molar-refractivity contribution in [2.45, 2.75) is 398 Å². The Hall–Kier alpha value is -1.92. The summed E-state index contributed by atoms with van der Waals surface area (Å²) < 4.78 is 5.49. The highest BCUT2D eigenvalue weighted by Crippen LogP contribution is 2.18. The third-order valence-electron chi connectivity index (χ3n) is 16.4. The second-order valence-electron chi connectivity index (χ2n) is 24.2. The third-order valence-corrected chi connectivity index (χ3v) is 16.4. The Morgan fingerprint density at radius 2 is 0.641 bits per heavy atom. The van der Waals surface area contributed by atoms with Crippen LogP contribution >= 0.6 is 0 Å². The minimum absolute atomic E-state index is 0.00397. The highest BCUT2D eigenvalue weighted by atomic mass is 16.5. The van der Waals surface area contributed by atoms with E-state index in [0.29, 0.717) is 25.9 Å². The standard InChI is InChI=1S/C72H137NO5/c1-3-5-7-9-11-13-15-17-19-38-42-46-50-54-58-62-66-72(77)78-67-63-59-55-51-47-43-39-35-33-31-29-27-25-23-21-20-22-24-26-28-30-32-34-37-41-45-49-53-57-61-65-71(76)73-69(68-74)70(75)64-60-56-52-48-44-40-36-18-16-14-12-10-8-6-4-2/h13,15,19,21,23,38,69-70,74-75H,3-12,14,16-18,20,22,24-37,39-68H2,1-2H3,(H,73,76)/b15-13-,23-21-,38-19-. The van der Waals surface area contributed by atoms with E-state index in [-0.39, 0.29) is 18.5 Å². The van der Waals surface area contributed by atoms with E-state index in [4.69, 9.17) is 4.74 Å². The fraction of sp³-hybridized carbons (Fsp3) is 0.889. The molecule has 0 aromatic rings. The monoisotopic (exact) mass is 1100 g/mol. The van der Waals surface area contributed by atoms with Crippen LogP contribution in [0.15, 0.2) is 36.5 Å². The first-order chi connectivity index (χ1) is 38.5. The second-order valence-corrected chi connectivity index (χ2v) is 24.2. The quantitative estimate of drug-likeness (QED) is 0.0320. The maximum absolute atomic E-state index is 12.5. The van der Waals surface area contributed by atoms with Crippen LogP contribution in [-0.4, -0.2) is 47.4 Å². The Balaban J connectivity index is 3.36. The van der Waals surface area contributed by atoms with Gasteiger partial charge in [0.1, 0.15) is 0 Å². The van der Waals surface area contributed by atoms with Crippen LogP contribution in [0.5, 0.6) is 0 Å². The lowest BCUT2D eigenvalue weighted by Crippen LogP contribution is -2.45. The van der Waals surface area contributed by atoms with Crippen molar-refractivity contribution >= 4 is 11.9 Å². The van der Waals surface area contributed by atoms with Crippen molar-refractivity contribution in [2.75, 3.05) is 13.2 Å². The molecule has 0 radical (unpaired) electrons. The van der Waals surface area contributed by atoms with Gasteiger partial charge in [-0.1, -0.05) is 326 Å². The average molecular weight is 1100 g/mol. The molecule has 0 rings (SSSR count). The first-order valence-corrected chi connectivity index (χ1v) is 35.2. The summed E-state index contributed by atoms with van der Waals surface area (Å²) in [7, 11) is 0. The third kappa shape index (κ3) is 63.3. The maximum atomic E-state index is 12.5. The van der Waals surface area contributed by atoms with Gasteiger partial charge in [-0.3, -0.25) is 9.59 Å². The Labute approximate surface area is 487 Å². The summed E-state index contributed by atoms with van der Waals surface area (Å²) in [4.78, 5) is 24.6. The van der Waals surface area contributed by atoms with Gasteiger partial charge in [0, 0.05) is 12.8 Å². The van der Waals surface area contributed by atoms with Crippen molar-refractivity contribution < 1.29 is 24.5 Å². The van der Waals surface area contributed by atoms with Gasteiger partial charge in [0.25, 0.3) is 0 Å². The molecule has 0 aliphatic heterocycles. The van der Waals surface area contributed by atoms with Gasteiger partial charge in [0.15, 0.2) is 0 Å². The minimum atomic E-state index is -0.663. The van der Waals surface area contributed by atoms with E-state index in [1.54, 1.807) is 0 Å². The van der Waals surface area contributed by atoms with Gasteiger partial charge in [-0.2, -0.15) is 0 Å². The van der Waals surface area contributed by atoms with Crippen LogP contribution in [0.4, 0.5) is 0 Å². The van der Waals surface area contributed by atoms with Crippen LogP contribution in [-0.2, 0) is 14.3 Å². The number of esters is 1. The zero-order valence-corrected chi connectivity index (χ0v) is 52.7. The number of aliphatic hydroxyl groups excluding tert-OH is 2. The zero-order chi connectivity index (χ0) is 56.4. The Bertz CT molecular complexity index is 1260. The van der Waals surface area contributed by atoms with Gasteiger partial charge >= 0.3 is 5.97 Å². The van der Waals surface area contributed by atoms with Crippen molar-refractivity contribution in [3.05, 3.63) is 36.5 Å². The maximum Gasteiger partial charge on any atom is 0.305 e. The number of aliphatic hydroxyl groups is 2. The number of allylic oxidation sites excluding steroid dienone is 6. The van der Waals surface area contributed by atoms with Gasteiger partial charge in [-0.25, -0.2) is 0 Å². The van der Waals surface area contributed by atoms with E-state index in [0.717, 1.165) is 51.4 Å². The van der Waals surface area contributed by atoms with Crippen LogP contribution in [0, 0.1) is 0 Å². The topological polar surface area (TPSA) is 95.9 Å². The van der Waals surface area contributed by atoms with E-state index in [1.807, 2.05) is 0 Å². The van der Waals surface area contributed by atoms with Crippen LogP contribution in [0.25, 0.3) is 0 Å². The molecule has 78 heavy (non-hydrogen) atoms. The molecule has 0 aromatic carbocycles. The van der Waals surface area contributed by atoms with E-state index < -0.39 is 12.1 Å².